The number of primary amides is 1. The van der Waals surface area contributed by atoms with Gasteiger partial charge in [0.05, 0.1) is 5.41 Å². The SMILES string of the molecule is CCC(CC)(CN)C(=O)Nc1ccn(CCC(N)=O)n1. The van der Waals surface area contributed by atoms with Gasteiger partial charge >= 0.3 is 0 Å². The highest BCUT2D eigenvalue weighted by atomic mass is 16.2. The Bertz CT molecular complexity index is 457. The Kier molecular flexibility index (Phi) is 5.69. The second-order valence-electron chi connectivity index (χ2n) is 4.83. The molecule has 0 radical (unpaired) electrons. The minimum absolute atomic E-state index is 0.120. The van der Waals surface area contributed by atoms with E-state index in [1.54, 1.807) is 16.9 Å². The van der Waals surface area contributed by atoms with Crippen LogP contribution in [0.3, 0.4) is 0 Å². The van der Waals surface area contributed by atoms with Gasteiger partial charge < -0.3 is 16.8 Å². The molecule has 1 aromatic heterocycles. The van der Waals surface area contributed by atoms with Crippen LogP contribution in [0.15, 0.2) is 12.3 Å². The zero-order valence-electron chi connectivity index (χ0n) is 12.1. The van der Waals surface area contributed by atoms with Crippen LogP contribution in [-0.4, -0.2) is 28.1 Å². The molecule has 0 unspecified atom stereocenters. The first-order valence-corrected chi connectivity index (χ1v) is 6.80. The predicted molar refractivity (Wildman–Crippen MR) is 76.7 cm³/mol. The van der Waals surface area contributed by atoms with E-state index in [1.807, 2.05) is 13.8 Å². The minimum atomic E-state index is -0.559. The highest BCUT2D eigenvalue weighted by molar-refractivity contribution is 5.94. The quantitative estimate of drug-likeness (QED) is 0.642. The van der Waals surface area contributed by atoms with Crippen molar-refractivity contribution in [2.45, 2.75) is 39.7 Å². The van der Waals surface area contributed by atoms with Crippen LogP contribution in [-0.2, 0) is 16.1 Å². The zero-order valence-corrected chi connectivity index (χ0v) is 12.1. The normalized spacial score (nSPS) is 11.3. The van der Waals surface area contributed by atoms with Crippen LogP contribution in [0.25, 0.3) is 0 Å². The number of amides is 2. The van der Waals surface area contributed by atoms with Gasteiger partial charge in [0.25, 0.3) is 0 Å². The van der Waals surface area contributed by atoms with Gasteiger partial charge in [0.1, 0.15) is 0 Å². The van der Waals surface area contributed by atoms with Gasteiger partial charge in [0.15, 0.2) is 5.82 Å². The maximum absolute atomic E-state index is 12.3. The number of nitrogens with one attached hydrogen (secondary N) is 1. The van der Waals surface area contributed by atoms with Crippen LogP contribution in [0.4, 0.5) is 5.82 Å². The molecule has 0 aromatic carbocycles. The maximum Gasteiger partial charge on any atom is 0.233 e. The van der Waals surface area contributed by atoms with E-state index in [4.69, 9.17) is 11.5 Å². The zero-order chi connectivity index (χ0) is 15.2. The molecule has 7 nitrogen and oxygen atoms in total. The summed E-state index contributed by atoms with van der Waals surface area (Å²) in [6.45, 7) is 4.59. The van der Waals surface area contributed by atoms with Crippen molar-refractivity contribution in [2.24, 2.45) is 16.9 Å². The molecule has 0 aliphatic rings. The molecule has 0 fully saturated rings. The van der Waals surface area contributed by atoms with E-state index in [9.17, 15) is 9.59 Å². The van der Waals surface area contributed by atoms with E-state index in [2.05, 4.69) is 10.4 Å². The summed E-state index contributed by atoms with van der Waals surface area (Å²) in [6.07, 6.45) is 3.26. The van der Waals surface area contributed by atoms with Gasteiger partial charge in [-0.25, -0.2) is 0 Å². The summed E-state index contributed by atoms with van der Waals surface area (Å²) in [5.74, 6) is -0.0467. The lowest BCUT2D eigenvalue weighted by atomic mass is 9.81. The van der Waals surface area contributed by atoms with Crippen molar-refractivity contribution in [3.63, 3.8) is 0 Å². The Hall–Kier alpha value is -1.89. The van der Waals surface area contributed by atoms with Gasteiger partial charge in [-0.15, -0.1) is 0 Å². The first-order chi connectivity index (χ1) is 9.47. The van der Waals surface area contributed by atoms with Crippen molar-refractivity contribution in [1.82, 2.24) is 9.78 Å². The fraction of sp³-hybridized carbons (Fsp3) is 0.615. The van der Waals surface area contributed by atoms with E-state index >= 15 is 0 Å². The average molecular weight is 281 g/mol. The van der Waals surface area contributed by atoms with Crippen molar-refractivity contribution in [1.29, 1.82) is 0 Å². The summed E-state index contributed by atoms with van der Waals surface area (Å²) in [4.78, 5) is 23.0. The first-order valence-electron chi connectivity index (χ1n) is 6.80. The van der Waals surface area contributed by atoms with Crippen molar-refractivity contribution in [3.05, 3.63) is 12.3 Å². The molecule has 5 N–H and O–H groups in total. The molecular weight excluding hydrogens is 258 g/mol. The summed E-state index contributed by atoms with van der Waals surface area (Å²) < 4.78 is 1.57. The third kappa shape index (κ3) is 3.80. The lowest BCUT2D eigenvalue weighted by Crippen LogP contribution is -2.41. The highest BCUT2D eigenvalue weighted by Crippen LogP contribution is 2.26. The van der Waals surface area contributed by atoms with Gasteiger partial charge in [-0.2, -0.15) is 5.10 Å². The standard InChI is InChI=1S/C13H23N5O2/c1-3-13(4-2,9-14)12(20)16-11-6-8-18(17-11)7-5-10(15)19/h6,8H,3-5,7,9,14H2,1-2H3,(H2,15,19)(H,16,17,20). The Morgan fingerprint density at radius 1 is 1.40 bits per heavy atom. The van der Waals surface area contributed by atoms with E-state index < -0.39 is 5.41 Å². The molecule has 7 heteroatoms. The summed E-state index contributed by atoms with van der Waals surface area (Å²) in [5.41, 5.74) is 10.2. The summed E-state index contributed by atoms with van der Waals surface area (Å²) in [5, 5.41) is 6.95. The number of nitrogens with two attached hydrogens (primary N) is 2. The number of aromatic nitrogens is 2. The molecule has 0 saturated heterocycles. The molecule has 0 spiro atoms. The van der Waals surface area contributed by atoms with Crippen molar-refractivity contribution in [2.75, 3.05) is 11.9 Å². The van der Waals surface area contributed by atoms with Crippen molar-refractivity contribution in [3.8, 4) is 0 Å². The molecule has 1 rings (SSSR count). The Morgan fingerprint density at radius 2 is 2.05 bits per heavy atom. The number of rotatable bonds is 8. The predicted octanol–water partition coefficient (Wildman–Crippen LogP) is 0.462. The number of carbonyl (C=O) groups is 2. The molecule has 112 valence electrons. The van der Waals surface area contributed by atoms with E-state index in [1.165, 1.54) is 0 Å². The van der Waals surface area contributed by atoms with Gasteiger partial charge in [0.2, 0.25) is 11.8 Å². The van der Waals surface area contributed by atoms with Crippen LogP contribution in [0.2, 0.25) is 0 Å². The van der Waals surface area contributed by atoms with Crippen LogP contribution in [0.5, 0.6) is 0 Å². The molecule has 0 aliphatic carbocycles. The largest absolute Gasteiger partial charge is 0.370 e. The van der Waals surface area contributed by atoms with Crippen molar-refractivity contribution < 1.29 is 9.59 Å². The van der Waals surface area contributed by atoms with E-state index in [-0.39, 0.29) is 18.2 Å². The van der Waals surface area contributed by atoms with Gasteiger partial charge in [-0.1, -0.05) is 13.8 Å². The third-order valence-corrected chi connectivity index (χ3v) is 3.70. The van der Waals surface area contributed by atoms with Crippen LogP contribution in [0, 0.1) is 5.41 Å². The number of hydrogen-bond acceptors (Lipinski definition) is 4. The monoisotopic (exact) mass is 281 g/mol. The number of aryl methyl sites for hydroxylation is 1. The molecule has 0 atom stereocenters. The van der Waals surface area contributed by atoms with Gasteiger partial charge in [0, 0.05) is 31.8 Å². The van der Waals surface area contributed by atoms with E-state index in [0.717, 1.165) is 0 Å². The third-order valence-electron chi connectivity index (χ3n) is 3.70. The number of hydrogen-bond donors (Lipinski definition) is 3. The van der Waals surface area contributed by atoms with Crippen LogP contribution in [0.1, 0.15) is 33.1 Å². The van der Waals surface area contributed by atoms with Crippen LogP contribution < -0.4 is 16.8 Å². The Labute approximate surface area is 118 Å². The van der Waals surface area contributed by atoms with Gasteiger partial charge in [-0.05, 0) is 12.8 Å². The smallest absolute Gasteiger partial charge is 0.233 e. The minimum Gasteiger partial charge on any atom is -0.370 e. The lowest BCUT2D eigenvalue weighted by molar-refractivity contribution is -0.125. The fourth-order valence-corrected chi connectivity index (χ4v) is 1.98. The van der Waals surface area contributed by atoms with Crippen molar-refractivity contribution >= 4 is 17.6 Å². The Balaban J connectivity index is 2.68. The molecule has 0 saturated carbocycles. The second kappa shape index (κ2) is 7.04. The lowest BCUT2D eigenvalue weighted by Gasteiger charge is -2.27. The maximum atomic E-state index is 12.3. The molecule has 1 heterocycles. The van der Waals surface area contributed by atoms with E-state index in [0.29, 0.717) is 31.7 Å². The molecule has 20 heavy (non-hydrogen) atoms. The summed E-state index contributed by atoms with van der Waals surface area (Å²) >= 11 is 0. The number of anilines is 1. The second-order valence-corrected chi connectivity index (χ2v) is 4.83. The number of nitrogens with zero attached hydrogens (tertiary/aromatic N) is 2. The summed E-state index contributed by atoms with van der Waals surface area (Å²) in [6, 6.07) is 1.69. The Morgan fingerprint density at radius 3 is 2.55 bits per heavy atom. The molecule has 0 bridgehead atoms. The highest BCUT2D eigenvalue weighted by Gasteiger charge is 2.33. The van der Waals surface area contributed by atoms with Crippen LogP contribution >= 0.6 is 0 Å². The topological polar surface area (TPSA) is 116 Å². The average Bonchev–Trinajstić information content (AvgIpc) is 2.87. The van der Waals surface area contributed by atoms with Gasteiger partial charge in [-0.3, -0.25) is 14.3 Å². The first kappa shape index (κ1) is 16.2. The molecule has 1 aromatic rings. The molecule has 0 aliphatic heterocycles. The molecular formula is C13H23N5O2. The number of carbonyl (C=O) groups excluding carboxylic acids is 2. The summed E-state index contributed by atoms with van der Waals surface area (Å²) in [7, 11) is 0. The fourth-order valence-electron chi connectivity index (χ4n) is 1.98. The molecule has 2 amide bonds.